The molecule has 0 aromatic heterocycles. The van der Waals surface area contributed by atoms with Gasteiger partial charge >= 0.3 is 0 Å². The van der Waals surface area contributed by atoms with Gasteiger partial charge < -0.3 is 21.1 Å². The van der Waals surface area contributed by atoms with Gasteiger partial charge in [-0.1, -0.05) is 12.2 Å². The molecule has 1 aliphatic heterocycles. The number of thiocarbonyl (C=S) groups is 1. The average Bonchev–Trinajstić information content (AvgIpc) is 2.41. The van der Waals surface area contributed by atoms with Crippen molar-refractivity contribution in [1.29, 1.82) is 0 Å². The molecule has 1 heterocycles. The maximum atomic E-state index is 11.1. The molecule has 0 saturated carbocycles. The quantitative estimate of drug-likeness (QED) is 0.717. The van der Waals surface area contributed by atoms with E-state index >= 15 is 0 Å². The molecule has 2 rings (SSSR count). The minimum atomic E-state index is 0.0956. The Balaban J connectivity index is 2.17. The molecule has 1 aliphatic rings. The minimum absolute atomic E-state index is 0.0956. The van der Waals surface area contributed by atoms with Gasteiger partial charge in [-0.15, -0.1) is 0 Å². The molecule has 0 bridgehead atoms. The molecular formula is C13H17N3O2S. The second-order valence-electron chi connectivity index (χ2n) is 4.46. The van der Waals surface area contributed by atoms with E-state index in [1.54, 1.807) is 7.11 Å². The standard InChI is InChI=1S/C13H17N3O2S/c1-18-9-3-4-10(13(14)19)11(6-9)16-8-2-5-12(17)15-7-8/h3-4,6,8,16H,2,5,7H2,1H3,(H2,14,19)(H,15,17). The molecule has 1 aromatic rings. The molecule has 19 heavy (non-hydrogen) atoms. The normalized spacial score (nSPS) is 18.6. The number of rotatable bonds is 4. The van der Waals surface area contributed by atoms with Gasteiger partial charge in [0.15, 0.2) is 0 Å². The fourth-order valence-electron chi connectivity index (χ4n) is 2.06. The molecule has 1 atom stereocenters. The molecule has 5 nitrogen and oxygen atoms in total. The number of nitrogens with two attached hydrogens (primary N) is 1. The summed E-state index contributed by atoms with van der Waals surface area (Å²) >= 11 is 5.04. The maximum absolute atomic E-state index is 11.1. The summed E-state index contributed by atoms with van der Waals surface area (Å²) in [4.78, 5) is 11.5. The first-order valence-corrected chi connectivity index (χ1v) is 6.52. The molecular weight excluding hydrogens is 262 g/mol. The van der Waals surface area contributed by atoms with Crippen molar-refractivity contribution in [3.05, 3.63) is 23.8 Å². The minimum Gasteiger partial charge on any atom is -0.497 e. The maximum Gasteiger partial charge on any atom is 0.220 e. The number of methoxy groups -OCH3 is 1. The molecule has 1 fully saturated rings. The second kappa shape index (κ2) is 5.88. The first kappa shape index (κ1) is 13.6. The van der Waals surface area contributed by atoms with Gasteiger partial charge in [0.25, 0.3) is 0 Å². The number of anilines is 1. The van der Waals surface area contributed by atoms with Gasteiger partial charge in [-0.25, -0.2) is 0 Å². The third kappa shape index (κ3) is 3.35. The lowest BCUT2D eigenvalue weighted by molar-refractivity contribution is -0.122. The molecule has 1 aromatic carbocycles. The van der Waals surface area contributed by atoms with Crippen molar-refractivity contribution in [1.82, 2.24) is 5.32 Å². The van der Waals surface area contributed by atoms with Crippen LogP contribution in [-0.4, -0.2) is 30.6 Å². The van der Waals surface area contributed by atoms with Crippen LogP contribution >= 0.6 is 12.2 Å². The fourth-order valence-corrected chi connectivity index (χ4v) is 2.24. The van der Waals surface area contributed by atoms with E-state index in [1.165, 1.54) is 0 Å². The van der Waals surface area contributed by atoms with Crippen LogP contribution in [0.15, 0.2) is 18.2 Å². The Labute approximate surface area is 117 Å². The van der Waals surface area contributed by atoms with Crippen molar-refractivity contribution in [2.45, 2.75) is 18.9 Å². The lowest BCUT2D eigenvalue weighted by atomic mass is 10.1. The van der Waals surface area contributed by atoms with Gasteiger partial charge in [0.05, 0.1) is 7.11 Å². The van der Waals surface area contributed by atoms with Crippen molar-refractivity contribution in [2.24, 2.45) is 5.73 Å². The fraction of sp³-hybridized carbons (Fsp3) is 0.385. The summed E-state index contributed by atoms with van der Waals surface area (Å²) in [6.07, 6.45) is 1.32. The van der Waals surface area contributed by atoms with Crippen LogP contribution in [0.3, 0.4) is 0 Å². The lowest BCUT2D eigenvalue weighted by Gasteiger charge is -2.25. The molecule has 1 saturated heterocycles. The zero-order chi connectivity index (χ0) is 13.8. The Bertz CT molecular complexity index is 495. The number of ether oxygens (including phenoxy) is 1. The van der Waals surface area contributed by atoms with E-state index in [1.807, 2.05) is 18.2 Å². The van der Waals surface area contributed by atoms with Gasteiger partial charge in [-0.2, -0.15) is 0 Å². The van der Waals surface area contributed by atoms with E-state index in [0.717, 1.165) is 23.4 Å². The highest BCUT2D eigenvalue weighted by atomic mass is 32.1. The monoisotopic (exact) mass is 279 g/mol. The molecule has 1 amide bonds. The zero-order valence-corrected chi connectivity index (χ0v) is 11.5. The highest BCUT2D eigenvalue weighted by Crippen LogP contribution is 2.24. The van der Waals surface area contributed by atoms with Crippen LogP contribution in [-0.2, 0) is 4.79 Å². The SMILES string of the molecule is COc1ccc(C(N)=S)c(NC2CCC(=O)NC2)c1. The molecule has 4 N–H and O–H groups in total. The summed E-state index contributed by atoms with van der Waals surface area (Å²) in [7, 11) is 1.61. The Morgan fingerprint density at radius 1 is 1.58 bits per heavy atom. The molecule has 0 aliphatic carbocycles. The van der Waals surface area contributed by atoms with E-state index in [0.29, 0.717) is 18.0 Å². The third-order valence-electron chi connectivity index (χ3n) is 3.12. The first-order valence-electron chi connectivity index (χ1n) is 6.11. The Morgan fingerprint density at radius 2 is 2.37 bits per heavy atom. The number of piperidine rings is 1. The first-order chi connectivity index (χ1) is 9.10. The number of benzene rings is 1. The summed E-state index contributed by atoms with van der Waals surface area (Å²) in [5, 5.41) is 6.20. The molecule has 102 valence electrons. The van der Waals surface area contributed by atoms with Crippen LogP contribution in [0, 0.1) is 0 Å². The van der Waals surface area contributed by atoms with E-state index in [-0.39, 0.29) is 11.9 Å². The summed E-state index contributed by atoms with van der Waals surface area (Å²) in [6, 6.07) is 5.70. The van der Waals surface area contributed by atoms with Crippen LogP contribution in [0.4, 0.5) is 5.69 Å². The molecule has 0 radical (unpaired) electrons. The van der Waals surface area contributed by atoms with E-state index < -0.39 is 0 Å². The number of hydrogen-bond donors (Lipinski definition) is 3. The molecule has 1 unspecified atom stereocenters. The van der Waals surface area contributed by atoms with Crippen molar-refractivity contribution in [3.8, 4) is 5.75 Å². The van der Waals surface area contributed by atoms with Gasteiger partial charge in [0.2, 0.25) is 5.91 Å². The van der Waals surface area contributed by atoms with Crippen molar-refractivity contribution >= 4 is 28.8 Å². The number of carbonyl (C=O) groups excluding carboxylic acids is 1. The highest BCUT2D eigenvalue weighted by molar-refractivity contribution is 7.80. The van der Waals surface area contributed by atoms with Gasteiger partial charge in [-0.3, -0.25) is 4.79 Å². The van der Waals surface area contributed by atoms with E-state index in [9.17, 15) is 4.79 Å². The number of hydrogen-bond acceptors (Lipinski definition) is 4. The largest absolute Gasteiger partial charge is 0.497 e. The Morgan fingerprint density at radius 3 is 2.95 bits per heavy atom. The van der Waals surface area contributed by atoms with Gasteiger partial charge in [0, 0.05) is 36.3 Å². The van der Waals surface area contributed by atoms with Crippen molar-refractivity contribution in [3.63, 3.8) is 0 Å². The number of amides is 1. The zero-order valence-electron chi connectivity index (χ0n) is 10.7. The highest BCUT2D eigenvalue weighted by Gasteiger charge is 2.19. The van der Waals surface area contributed by atoms with Gasteiger partial charge in [-0.05, 0) is 18.6 Å². The predicted octanol–water partition coefficient (Wildman–Crippen LogP) is 1.02. The summed E-state index contributed by atoms with van der Waals surface area (Å²) < 4.78 is 5.20. The van der Waals surface area contributed by atoms with E-state index in [2.05, 4.69) is 10.6 Å². The van der Waals surface area contributed by atoms with Crippen LogP contribution in [0.25, 0.3) is 0 Å². The van der Waals surface area contributed by atoms with Crippen LogP contribution in [0.2, 0.25) is 0 Å². The number of carbonyl (C=O) groups is 1. The van der Waals surface area contributed by atoms with E-state index in [4.69, 9.17) is 22.7 Å². The Hall–Kier alpha value is -1.82. The van der Waals surface area contributed by atoms with Crippen LogP contribution < -0.4 is 21.1 Å². The topological polar surface area (TPSA) is 76.4 Å². The summed E-state index contributed by atoms with van der Waals surface area (Å²) in [6.45, 7) is 0.604. The van der Waals surface area contributed by atoms with Crippen LogP contribution in [0.5, 0.6) is 5.75 Å². The number of nitrogens with one attached hydrogen (secondary N) is 2. The third-order valence-corrected chi connectivity index (χ3v) is 3.34. The van der Waals surface area contributed by atoms with Crippen molar-refractivity contribution in [2.75, 3.05) is 19.0 Å². The van der Waals surface area contributed by atoms with Gasteiger partial charge in [0.1, 0.15) is 10.7 Å². The molecule has 0 spiro atoms. The Kier molecular flexibility index (Phi) is 4.21. The molecule has 6 heteroatoms. The average molecular weight is 279 g/mol. The van der Waals surface area contributed by atoms with Crippen molar-refractivity contribution < 1.29 is 9.53 Å². The lowest BCUT2D eigenvalue weighted by Crippen LogP contribution is -2.42. The predicted molar refractivity (Wildman–Crippen MR) is 78.5 cm³/mol. The second-order valence-corrected chi connectivity index (χ2v) is 4.90. The summed E-state index contributed by atoms with van der Waals surface area (Å²) in [5.41, 5.74) is 7.34. The van der Waals surface area contributed by atoms with Crippen LogP contribution in [0.1, 0.15) is 18.4 Å². The summed E-state index contributed by atoms with van der Waals surface area (Å²) in [5.74, 6) is 0.834. The smallest absolute Gasteiger partial charge is 0.220 e.